The van der Waals surface area contributed by atoms with Crippen LogP contribution in [0.2, 0.25) is 0 Å². The lowest BCUT2D eigenvalue weighted by molar-refractivity contribution is -0.134. The maximum absolute atomic E-state index is 12.7. The molecule has 1 atom stereocenters. The number of carbonyl (C=O) groups excluding carboxylic acids is 2. The Morgan fingerprint density at radius 1 is 1.45 bits per heavy atom. The first-order valence-corrected chi connectivity index (χ1v) is 8.43. The smallest absolute Gasteiger partial charge is 0.247 e. The van der Waals surface area contributed by atoms with Crippen molar-refractivity contribution in [3.05, 3.63) is 33.5 Å². The molecule has 0 spiro atoms. The summed E-state index contributed by atoms with van der Waals surface area (Å²) in [5.74, 6) is -0.215. The van der Waals surface area contributed by atoms with Crippen LogP contribution < -0.4 is 5.32 Å². The van der Waals surface area contributed by atoms with Crippen molar-refractivity contribution in [2.24, 2.45) is 0 Å². The summed E-state index contributed by atoms with van der Waals surface area (Å²) in [6, 6.07) is 1.34. The second-order valence-electron chi connectivity index (χ2n) is 4.94. The van der Waals surface area contributed by atoms with E-state index in [-0.39, 0.29) is 18.4 Å². The molecule has 1 aliphatic heterocycles. The average molecular weight is 384 g/mol. The van der Waals surface area contributed by atoms with Gasteiger partial charge >= 0.3 is 0 Å². The van der Waals surface area contributed by atoms with Crippen molar-refractivity contribution in [3.63, 3.8) is 0 Å². The van der Waals surface area contributed by atoms with E-state index in [4.69, 9.17) is 0 Å². The highest BCUT2D eigenvalue weighted by molar-refractivity contribution is 9.10. The van der Waals surface area contributed by atoms with Crippen molar-refractivity contribution in [1.82, 2.24) is 25.0 Å². The molecule has 2 amide bonds. The third-order valence-corrected chi connectivity index (χ3v) is 5.33. The summed E-state index contributed by atoms with van der Waals surface area (Å²) >= 11 is 5.06. The van der Waals surface area contributed by atoms with E-state index in [2.05, 4.69) is 31.3 Å². The third kappa shape index (κ3) is 3.36. The van der Waals surface area contributed by atoms with E-state index in [0.29, 0.717) is 19.5 Å². The van der Waals surface area contributed by atoms with Gasteiger partial charge in [-0.15, -0.1) is 11.3 Å². The fourth-order valence-electron chi connectivity index (χ4n) is 2.30. The minimum absolute atomic E-state index is 0.0957. The first kappa shape index (κ1) is 15.2. The number of aromatic nitrogens is 3. The van der Waals surface area contributed by atoms with Crippen LogP contribution in [-0.2, 0) is 22.7 Å². The first-order chi connectivity index (χ1) is 10.6. The van der Waals surface area contributed by atoms with Crippen LogP contribution in [0.3, 0.4) is 0 Å². The van der Waals surface area contributed by atoms with E-state index in [9.17, 15) is 9.59 Å². The van der Waals surface area contributed by atoms with Crippen molar-refractivity contribution in [1.29, 1.82) is 0 Å². The van der Waals surface area contributed by atoms with Crippen molar-refractivity contribution >= 4 is 39.1 Å². The topological polar surface area (TPSA) is 80.1 Å². The van der Waals surface area contributed by atoms with E-state index < -0.39 is 6.04 Å². The van der Waals surface area contributed by atoms with Gasteiger partial charge in [-0.05, 0) is 27.4 Å². The molecule has 1 aliphatic rings. The molecule has 0 radical (unpaired) electrons. The van der Waals surface area contributed by atoms with Crippen LogP contribution in [0.1, 0.15) is 11.3 Å². The molecule has 0 saturated carbocycles. The van der Waals surface area contributed by atoms with E-state index in [0.717, 1.165) is 9.35 Å². The molecular weight excluding hydrogens is 370 g/mol. The summed E-state index contributed by atoms with van der Waals surface area (Å²) < 4.78 is 2.54. The quantitative estimate of drug-likeness (QED) is 0.854. The third-order valence-electron chi connectivity index (χ3n) is 3.42. The lowest BCUT2D eigenvalue weighted by atomic mass is 10.2. The largest absolute Gasteiger partial charge is 0.343 e. The van der Waals surface area contributed by atoms with Crippen LogP contribution in [-0.4, -0.2) is 44.1 Å². The Morgan fingerprint density at radius 2 is 2.32 bits per heavy atom. The number of hydrogen-bond acceptors (Lipinski definition) is 5. The molecule has 2 aromatic heterocycles. The van der Waals surface area contributed by atoms with Crippen LogP contribution in [0, 0.1) is 0 Å². The molecule has 0 aliphatic carbocycles. The second kappa shape index (κ2) is 6.57. The normalized spacial score (nSPS) is 19.1. The van der Waals surface area contributed by atoms with Gasteiger partial charge in [-0.25, -0.2) is 4.98 Å². The van der Waals surface area contributed by atoms with Crippen LogP contribution in [0.5, 0.6) is 0 Å². The standard InChI is InChI=1S/C13H14BrN5O2S/c14-9-2-4-22-11(9)6-18-3-1-12(20)17-10(13(18)21)5-19-8-15-7-16-19/h2,4,7-8,10H,1,3,5-6H2,(H,17,20). The molecular formula is C13H14BrN5O2S. The summed E-state index contributed by atoms with van der Waals surface area (Å²) in [7, 11) is 0. The lowest BCUT2D eigenvalue weighted by Gasteiger charge is -2.23. The average Bonchev–Trinajstić information content (AvgIpc) is 3.11. The van der Waals surface area contributed by atoms with Crippen LogP contribution in [0.25, 0.3) is 0 Å². The molecule has 3 rings (SSSR count). The summed E-state index contributed by atoms with van der Waals surface area (Å²) in [5, 5.41) is 8.73. The van der Waals surface area contributed by atoms with Crippen molar-refractivity contribution < 1.29 is 9.59 Å². The maximum atomic E-state index is 12.7. The molecule has 1 saturated heterocycles. The summed E-state index contributed by atoms with van der Waals surface area (Å²) in [6.45, 7) is 1.20. The molecule has 1 unspecified atom stereocenters. The summed E-state index contributed by atoms with van der Waals surface area (Å²) in [6.07, 6.45) is 3.25. The molecule has 9 heteroatoms. The first-order valence-electron chi connectivity index (χ1n) is 6.76. The highest BCUT2D eigenvalue weighted by Gasteiger charge is 2.30. The molecule has 116 valence electrons. The van der Waals surface area contributed by atoms with Gasteiger partial charge in [-0.2, -0.15) is 5.10 Å². The summed E-state index contributed by atoms with van der Waals surface area (Å²) in [5.41, 5.74) is 0. The molecule has 3 heterocycles. The number of hydrogen-bond donors (Lipinski definition) is 1. The van der Waals surface area contributed by atoms with E-state index in [1.165, 1.54) is 12.7 Å². The van der Waals surface area contributed by atoms with Gasteiger partial charge in [0.1, 0.15) is 18.7 Å². The van der Waals surface area contributed by atoms with Crippen LogP contribution >= 0.6 is 27.3 Å². The fourth-order valence-corrected chi connectivity index (χ4v) is 3.79. The van der Waals surface area contributed by atoms with Crippen molar-refractivity contribution in [3.8, 4) is 0 Å². The molecule has 1 fully saturated rings. The number of rotatable bonds is 4. The van der Waals surface area contributed by atoms with Crippen LogP contribution in [0.4, 0.5) is 0 Å². The number of halogens is 1. The maximum Gasteiger partial charge on any atom is 0.247 e. The zero-order valence-corrected chi connectivity index (χ0v) is 14.0. The summed E-state index contributed by atoms with van der Waals surface area (Å²) in [4.78, 5) is 31.2. The van der Waals surface area contributed by atoms with E-state index >= 15 is 0 Å². The SMILES string of the molecule is O=C1CCN(Cc2sccc2Br)C(=O)C(Cn2cncn2)N1. The Labute approximate surface area is 139 Å². The van der Waals surface area contributed by atoms with Crippen molar-refractivity contribution in [2.45, 2.75) is 25.6 Å². The van der Waals surface area contributed by atoms with Gasteiger partial charge in [0, 0.05) is 22.3 Å². The zero-order chi connectivity index (χ0) is 15.5. The molecule has 0 bridgehead atoms. The van der Waals surface area contributed by atoms with Gasteiger partial charge in [0.15, 0.2) is 0 Å². The van der Waals surface area contributed by atoms with E-state index in [1.54, 1.807) is 20.9 Å². The predicted molar refractivity (Wildman–Crippen MR) is 84.0 cm³/mol. The van der Waals surface area contributed by atoms with Gasteiger partial charge in [0.05, 0.1) is 13.1 Å². The number of carbonyl (C=O) groups is 2. The Balaban J connectivity index is 1.76. The molecule has 7 nitrogen and oxygen atoms in total. The Kier molecular flexibility index (Phi) is 4.53. The number of nitrogens with one attached hydrogen (secondary N) is 1. The monoisotopic (exact) mass is 383 g/mol. The fraction of sp³-hybridized carbons (Fsp3) is 0.385. The Hall–Kier alpha value is -1.74. The van der Waals surface area contributed by atoms with Gasteiger partial charge < -0.3 is 10.2 Å². The Morgan fingerprint density at radius 3 is 3.00 bits per heavy atom. The predicted octanol–water partition coefficient (Wildman–Crippen LogP) is 1.02. The number of amides is 2. The number of thiophene rings is 1. The van der Waals surface area contributed by atoms with Gasteiger partial charge in [0.25, 0.3) is 0 Å². The van der Waals surface area contributed by atoms with Gasteiger partial charge in [0.2, 0.25) is 11.8 Å². The highest BCUT2D eigenvalue weighted by Crippen LogP contribution is 2.25. The lowest BCUT2D eigenvalue weighted by Crippen LogP contribution is -2.46. The van der Waals surface area contributed by atoms with Crippen LogP contribution in [0.15, 0.2) is 28.6 Å². The highest BCUT2D eigenvalue weighted by atomic mass is 79.9. The van der Waals surface area contributed by atoms with Gasteiger partial charge in [-0.1, -0.05) is 0 Å². The van der Waals surface area contributed by atoms with E-state index in [1.807, 2.05) is 11.4 Å². The van der Waals surface area contributed by atoms with Gasteiger partial charge in [-0.3, -0.25) is 14.3 Å². The molecule has 1 N–H and O–H groups in total. The molecule has 2 aromatic rings. The second-order valence-corrected chi connectivity index (χ2v) is 6.79. The Bertz CT molecular complexity index is 672. The molecule has 22 heavy (non-hydrogen) atoms. The minimum atomic E-state index is -0.615. The van der Waals surface area contributed by atoms with Crippen molar-refractivity contribution in [2.75, 3.05) is 6.54 Å². The minimum Gasteiger partial charge on any atom is -0.343 e. The number of nitrogens with zero attached hydrogens (tertiary/aromatic N) is 4. The zero-order valence-electron chi connectivity index (χ0n) is 11.6. The molecule has 0 aromatic carbocycles.